The van der Waals surface area contributed by atoms with Gasteiger partial charge in [0.05, 0.1) is 20.8 Å². The number of methoxy groups -OCH3 is 2. The molecule has 0 amide bonds. The van der Waals surface area contributed by atoms with Gasteiger partial charge in [-0.25, -0.2) is 0 Å². The van der Waals surface area contributed by atoms with E-state index in [9.17, 15) is 0 Å². The summed E-state index contributed by atoms with van der Waals surface area (Å²) in [6.45, 7) is 15.0. The molecular formula is C22H36N4O2. The van der Waals surface area contributed by atoms with E-state index >= 15 is 0 Å². The molecule has 3 N–H and O–H groups in total. The van der Waals surface area contributed by atoms with Crippen molar-refractivity contribution in [3.63, 3.8) is 0 Å². The molecule has 0 radical (unpaired) electrons. The predicted molar refractivity (Wildman–Crippen MR) is 118 cm³/mol. The minimum atomic E-state index is 0.280. The van der Waals surface area contributed by atoms with Crippen LogP contribution in [0, 0.1) is 5.92 Å². The Hall–Kier alpha value is -2.47. The van der Waals surface area contributed by atoms with Gasteiger partial charge in [0.1, 0.15) is 0 Å². The SMILES string of the molecule is C=CCN(CC=C)C(CN=C(N)NCCc1ccc(OC)c(OC)c1)C(C)C. The quantitative estimate of drug-likeness (QED) is 0.309. The largest absolute Gasteiger partial charge is 0.493 e. The van der Waals surface area contributed by atoms with Crippen molar-refractivity contribution in [1.29, 1.82) is 0 Å². The number of nitrogens with zero attached hydrogens (tertiary/aromatic N) is 2. The van der Waals surface area contributed by atoms with Crippen LogP contribution in [0.4, 0.5) is 0 Å². The van der Waals surface area contributed by atoms with Crippen LogP contribution >= 0.6 is 0 Å². The van der Waals surface area contributed by atoms with Crippen molar-refractivity contribution < 1.29 is 9.47 Å². The number of aliphatic imine (C=N–C) groups is 1. The molecule has 6 heteroatoms. The minimum Gasteiger partial charge on any atom is -0.493 e. The molecule has 1 aromatic carbocycles. The van der Waals surface area contributed by atoms with Crippen molar-refractivity contribution in [1.82, 2.24) is 10.2 Å². The molecular weight excluding hydrogens is 352 g/mol. The fourth-order valence-electron chi connectivity index (χ4n) is 3.04. The second-order valence-corrected chi connectivity index (χ2v) is 6.93. The van der Waals surface area contributed by atoms with Crippen molar-refractivity contribution >= 4 is 5.96 Å². The smallest absolute Gasteiger partial charge is 0.188 e. The highest BCUT2D eigenvalue weighted by Gasteiger charge is 2.19. The molecule has 6 nitrogen and oxygen atoms in total. The topological polar surface area (TPSA) is 72.1 Å². The molecule has 1 rings (SSSR count). The molecule has 1 atom stereocenters. The molecule has 1 unspecified atom stereocenters. The first kappa shape index (κ1) is 23.6. The highest BCUT2D eigenvalue weighted by atomic mass is 16.5. The average Bonchev–Trinajstić information content (AvgIpc) is 2.68. The molecule has 0 saturated heterocycles. The van der Waals surface area contributed by atoms with E-state index in [1.807, 2.05) is 30.4 Å². The molecule has 0 spiro atoms. The zero-order valence-electron chi connectivity index (χ0n) is 17.8. The van der Waals surface area contributed by atoms with Crippen molar-refractivity contribution in [2.24, 2.45) is 16.6 Å². The summed E-state index contributed by atoms with van der Waals surface area (Å²) in [7, 11) is 3.27. The number of guanidine groups is 1. The normalized spacial score (nSPS) is 12.7. The van der Waals surface area contributed by atoms with Crippen LogP contribution in [0.5, 0.6) is 11.5 Å². The maximum atomic E-state index is 6.07. The summed E-state index contributed by atoms with van der Waals surface area (Å²) in [5.41, 5.74) is 7.21. The third-order valence-electron chi connectivity index (χ3n) is 4.58. The molecule has 0 saturated carbocycles. The third kappa shape index (κ3) is 7.64. The maximum Gasteiger partial charge on any atom is 0.188 e. The Morgan fingerprint density at radius 2 is 1.82 bits per heavy atom. The first-order valence-electron chi connectivity index (χ1n) is 9.67. The molecule has 0 aromatic heterocycles. The summed E-state index contributed by atoms with van der Waals surface area (Å²) in [6, 6.07) is 6.19. The van der Waals surface area contributed by atoms with Gasteiger partial charge in [-0.15, -0.1) is 13.2 Å². The second-order valence-electron chi connectivity index (χ2n) is 6.93. The Morgan fingerprint density at radius 3 is 2.36 bits per heavy atom. The molecule has 0 heterocycles. The van der Waals surface area contributed by atoms with Crippen molar-refractivity contribution in [2.75, 3.05) is 40.4 Å². The standard InChI is InChI=1S/C22H36N4O2/c1-7-13-26(14-8-2)19(17(3)4)16-25-22(23)24-12-11-18-9-10-20(27-5)21(15-18)28-6/h7-10,15,17,19H,1-2,11-14,16H2,3-6H3,(H3,23,24,25). The molecule has 1 aromatic rings. The summed E-state index contributed by atoms with van der Waals surface area (Å²) in [4.78, 5) is 6.86. The van der Waals surface area contributed by atoms with E-state index < -0.39 is 0 Å². The third-order valence-corrected chi connectivity index (χ3v) is 4.58. The molecule has 28 heavy (non-hydrogen) atoms. The van der Waals surface area contributed by atoms with Gasteiger partial charge in [0, 0.05) is 25.7 Å². The van der Waals surface area contributed by atoms with Crippen LogP contribution in [0.1, 0.15) is 19.4 Å². The Bertz CT molecular complexity index is 633. The van der Waals surface area contributed by atoms with E-state index in [4.69, 9.17) is 15.2 Å². The van der Waals surface area contributed by atoms with Gasteiger partial charge in [-0.05, 0) is 30.0 Å². The zero-order valence-corrected chi connectivity index (χ0v) is 17.8. The number of nitrogens with one attached hydrogen (secondary N) is 1. The number of rotatable bonds is 13. The minimum absolute atomic E-state index is 0.280. The lowest BCUT2D eigenvalue weighted by Crippen LogP contribution is -2.42. The van der Waals surface area contributed by atoms with Crippen LogP contribution in [0.15, 0.2) is 48.5 Å². The van der Waals surface area contributed by atoms with Crippen LogP contribution in [0.3, 0.4) is 0 Å². The average molecular weight is 389 g/mol. The van der Waals surface area contributed by atoms with E-state index in [0.29, 0.717) is 25.0 Å². The summed E-state index contributed by atoms with van der Waals surface area (Å²) in [5, 5.41) is 3.19. The lowest BCUT2D eigenvalue weighted by molar-refractivity contribution is 0.195. The van der Waals surface area contributed by atoms with Crippen molar-refractivity contribution in [3.8, 4) is 11.5 Å². The summed E-state index contributed by atoms with van der Waals surface area (Å²) < 4.78 is 10.6. The fourth-order valence-corrected chi connectivity index (χ4v) is 3.04. The van der Waals surface area contributed by atoms with Gasteiger partial charge in [-0.2, -0.15) is 0 Å². The molecule has 0 fully saturated rings. The highest BCUT2D eigenvalue weighted by molar-refractivity contribution is 5.77. The number of benzene rings is 1. The Balaban J connectivity index is 2.61. The van der Waals surface area contributed by atoms with Crippen LogP contribution in [-0.2, 0) is 6.42 Å². The van der Waals surface area contributed by atoms with Crippen LogP contribution in [-0.4, -0.2) is 57.3 Å². The van der Waals surface area contributed by atoms with Gasteiger partial charge in [0.2, 0.25) is 0 Å². The number of hydrogen-bond acceptors (Lipinski definition) is 4. The van der Waals surface area contributed by atoms with E-state index in [2.05, 4.69) is 42.2 Å². The number of ether oxygens (including phenoxy) is 2. The van der Waals surface area contributed by atoms with Gasteiger partial charge in [-0.3, -0.25) is 9.89 Å². The number of hydrogen-bond donors (Lipinski definition) is 2. The van der Waals surface area contributed by atoms with E-state index in [1.54, 1.807) is 14.2 Å². The Morgan fingerprint density at radius 1 is 1.18 bits per heavy atom. The van der Waals surface area contributed by atoms with Crippen LogP contribution in [0.25, 0.3) is 0 Å². The molecule has 0 bridgehead atoms. The number of nitrogens with two attached hydrogens (primary N) is 1. The van der Waals surface area contributed by atoms with Gasteiger partial charge in [0.25, 0.3) is 0 Å². The van der Waals surface area contributed by atoms with Crippen LogP contribution < -0.4 is 20.5 Å². The Kier molecular flexibility index (Phi) is 10.8. The van der Waals surface area contributed by atoms with Gasteiger partial charge >= 0.3 is 0 Å². The lowest BCUT2D eigenvalue weighted by Gasteiger charge is -2.31. The monoisotopic (exact) mass is 388 g/mol. The van der Waals surface area contributed by atoms with E-state index in [0.717, 1.165) is 36.6 Å². The van der Waals surface area contributed by atoms with E-state index in [-0.39, 0.29) is 6.04 Å². The first-order chi connectivity index (χ1) is 13.5. The van der Waals surface area contributed by atoms with Crippen molar-refractivity contribution in [2.45, 2.75) is 26.3 Å². The van der Waals surface area contributed by atoms with Gasteiger partial charge < -0.3 is 20.5 Å². The highest BCUT2D eigenvalue weighted by Crippen LogP contribution is 2.27. The fraction of sp³-hybridized carbons (Fsp3) is 0.500. The zero-order chi connectivity index (χ0) is 20.9. The summed E-state index contributed by atoms with van der Waals surface area (Å²) in [5.74, 6) is 2.36. The van der Waals surface area contributed by atoms with Gasteiger partial charge in [0.15, 0.2) is 17.5 Å². The predicted octanol–water partition coefficient (Wildman–Crippen LogP) is 2.85. The molecule has 156 valence electrons. The first-order valence-corrected chi connectivity index (χ1v) is 9.67. The van der Waals surface area contributed by atoms with E-state index in [1.165, 1.54) is 0 Å². The lowest BCUT2D eigenvalue weighted by atomic mass is 10.0. The van der Waals surface area contributed by atoms with Gasteiger partial charge in [-0.1, -0.05) is 32.1 Å². The second kappa shape index (κ2) is 12.8. The maximum absolute atomic E-state index is 6.07. The summed E-state index contributed by atoms with van der Waals surface area (Å²) >= 11 is 0. The summed E-state index contributed by atoms with van der Waals surface area (Å²) in [6.07, 6.45) is 4.63. The Labute approximate surface area is 170 Å². The van der Waals surface area contributed by atoms with Crippen LogP contribution in [0.2, 0.25) is 0 Å². The molecule has 0 aliphatic rings. The molecule has 0 aliphatic heterocycles. The molecule has 0 aliphatic carbocycles. The van der Waals surface area contributed by atoms with Crippen molar-refractivity contribution in [3.05, 3.63) is 49.1 Å².